The standard InChI is InChI=1S/C60H43N3Si/c1-4-19-42(20-5-1)61-57-33-16-12-29-51(57)53-40-54-52-30-13-17-34-58(52)62(60(54)41-59(53)61)43-35-37-47(38-36-43)64(45-22-6-2-7-23-45,46-24-8-3-9-25-46)48-26-18-21-44(39-48)63-55-31-14-10-27-49(55)50-28-11-15-32-56(50)63/h1-11,13-28,30-41H,12,29H2. The molecule has 0 unspecified atom stereocenters. The second kappa shape index (κ2) is 14.6. The molecular weight excluding hydrogens is 791 g/mol. The highest BCUT2D eigenvalue weighted by Crippen LogP contribution is 2.40. The Labute approximate surface area is 373 Å². The van der Waals surface area contributed by atoms with Gasteiger partial charge in [-0.3, -0.25) is 0 Å². The van der Waals surface area contributed by atoms with Crippen LogP contribution in [0.3, 0.4) is 0 Å². The molecule has 0 radical (unpaired) electrons. The minimum atomic E-state index is -2.91. The highest BCUT2D eigenvalue weighted by molar-refractivity contribution is 7.19. The number of para-hydroxylation sites is 4. The number of hydrogen-bond acceptors (Lipinski definition) is 0. The largest absolute Gasteiger partial charge is 0.310 e. The van der Waals surface area contributed by atoms with E-state index >= 15 is 0 Å². The summed E-state index contributed by atoms with van der Waals surface area (Å²) in [5.74, 6) is 0. The molecule has 302 valence electrons. The van der Waals surface area contributed by atoms with Crippen LogP contribution in [0.4, 0.5) is 0 Å². The van der Waals surface area contributed by atoms with Gasteiger partial charge >= 0.3 is 0 Å². The first kappa shape index (κ1) is 36.7. The summed E-state index contributed by atoms with van der Waals surface area (Å²) in [6.45, 7) is 0. The Hall–Kier alpha value is -7.92. The summed E-state index contributed by atoms with van der Waals surface area (Å²) in [5.41, 5.74) is 12.4. The Bertz CT molecular complexity index is 3670. The van der Waals surface area contributed by atoms with Gasteiger partial charge in [-0.25, -0.2) is 0 Å². The topological polar surface area (TPSA) is 14.8 Å². The second-order valence-corrected chi connectivity index (χ2v) is 21.0. The maximum atomic E-state index is 2.49. The Morgan fingerprint density at radius 2 is 0.781 bits per heavy atom. The van der Waals surface area contributed by atoms with Crippen molar-refractivity contribution >= 4 is 89.4 Å². The number of hydrogen-bond donors (Lipinski definition) is 0. The van der Waals surface area contributed by atoms with E-state index in [-0.39, 0.29) is 0 Å². The third-order valence-corrected chi connectivity index (χ3v) is 18.6. The lowest BCUT2D eigenvalue weighted by atomic mass is 10.00. The predicted octanol–water partition coefficient (Wildman–Crippen LogP) is 12.2. The van der Waals surface area contributed by atoms with Gasteiger partial charge in [0.2, 0.25) is 0 Å². The molecule has 3 aromatic heterocycles. The minimum Gasteiger partial charge on any atom is -0.310 e. The van der Waals surface area contributed by atoms with Crippen molar-refractivity contribution in [3.05, 3.63) is 242 Å². The molecule has 0 aliphatic heterocycles. The van der Waals surface area contributed by atoms with Gasteiger partial charge in [0.05, 0.1) is 27.6 Å². The Morgan fingerprint density at radius 1 is 0.312 bits per heavy atom. The first-order valence-corrected chi connectivity index (χ1v) is 24.4. The third-order valence-electron chi connectivity index (χ3n) is 13.8. The maximum Gasteiger partial charge on any atom is 0.179 e. The number of allylic oxidation sites excluding steroid dienone is 1. The van der Waals surface area contributed by atoms with Crippen molar-refractivity contribution in [3.63, 3.8) is 0 Å². The van der Waals surface area contributed by atoms with E-state index in [4.69, 9.17) is 0 Å². The molecular formula is C60H43N3Si. The van der Waals surface area contributed by atoms with Crippen LogP contribution in [-0.2, 0) is 6.42 Å². The summed E-state index contributed by atoms with van der Waals surface area (Å²) < 4.78 is 7.41. The fourth-order valence-corrected chi connectivity index (χ4v) is 15.9. The van der Waals surface area contributed by atoms with Gasteiger partial charge in [0.1, 0.15) is 0 Å². The second-order valence-electron chi connectivity index (χ2n) is 17.2. The fraction of sp³-hybridized carbons (Fsp3) is 0.0333. The van der Waals surface area contributed by atoms with Crippen LogP contribution in [0.15, 0.2) is 231 Å². The van der Waals surface area contributed by atoms with E-state index in [2.05, 4.69) is 250 Å². The lowest BCUT2D eigenvalue weighted by Gasteiger charge is -2.35. The quantitative estimate of drug-likeness (QED) is 0.112. The van der Waals surface area contributed by atoms with Crippen LogP contribution in [0.25, 0.3) is 77.7 Å². The smallest absolute Gasteiger partial charge is 0.179 e. The Morgan fingerprint density at radius 3 is 1.41 bits per heavy atom. The first-order valence-electron chi connectivity index (χ1n) is 22.4. The fourth-order valence-electron chi connectivity index (χ4n) is 11.1. The summed E-state index contributed by atoms with van der Waals surface area (Å²) in [6.07, 6.45) is 6.76. The Kier molecular flexibility index (Phi) is 8.37. The molecule has 0 atom stereocenters. The molecule has 4 heteroatoms. The van der Waals surface area contributed by atoms with Crippen LogP contribution in [0, 0.1) is 0 Å². The van der Waals surface area contributed by atoms with E-state index in [1.165, 1.54) is 97.9 Å². The summed E-state index contributed by atoms with van der Waals surface area (Å²) >= 11 is 0. The zero-order valence-corrected chi connectivity index (χ0v) is 36.3. The van der Waals surface area contributed by atoms with Crippen molar-refractivity contribution in [2.45, 2.75) is 12.8 Å². The molecule has 13 rings (SSSR count). The lowest BCUT2D eigenvalue weighted by molar-refractivity contribution is 0.967. The average molecular weight is 834 g/mol. The molecule has 3 nitrogen and oxygen atoms in total. The van der Waals surface area contributed by atoms with Crippen molar-refractivity contribution in [1.82, 2.24) is 13.7 Å². The summed E-state index contributed by atoms with van der Waals surface area (Å²) in [6, 6.07) is 83.9. The normalized spacial score (nSPS) is 12.8. The molecule has 0 saturated heterocycles. The van der Waals surface area contributed by atoms with Gasteiger partial charge in [-0.2, -0.15) is 0 Å². The molecule has 0 bridgehead atoms. The average Bonchev–Trinajstić information content (AvgIpc) is 4.00. The van der Waals surface area contributed by atoms with E-state index in [9.17, 15) is 0 Å². The molecule has 0 amide bonds. The molecule has 64 heavy (non-hydrogen) atoms. The van der Waals surface area contributed by atoms with Crippen molar-refractivity contribution in [1.29, 1.82) is 0 Å². The van der Waals surface area contributed by atoms with Gasteiger partial charge in [0, 0.05) is 49.7 Å². The lowest BCUT2D eigenvalue weighted by Crippen LogP contribution is -2.74. The molecule has 0 fully saturated rings. The third kappa shape index (κ3) is 5.39. The van der Waals surface area contributed by atoms with Gasteiger partial charge in [0.15, 0.2) is 8.07 Å². The molecule has 1 aliphatic carbocycles. The van der Waals surface area contributed by atoms with Gasteiger partial charge in [0.25, 0.3) is 0 Å². The molecule has 0 saturated carbocycles. The van der Waals surface area contributed by atoms with E-state index in [0.717, 1.165) is 18.5 Å². The number of benzene rings is 9. The first-order chi connectivity index (χ1) is 31.8. The van der Waals surface area contributed by atoms with E-state index in [1.54, 1.807) is 0 Å². The molecule has 9 aromatic carbocycles. The number of rotatable bonds is 7. The highest BCUT2D eigenvalue weighted by atomic mass is 28.3. The van der Waals surface area contributed by atoms with E-state index < -0.39 is 8.07 Å². The Balaban J connectivity index is 1.04. The number of fused-ring (bicyclic) bond motifs is 9. The van der Waals surface area contributed by atoms with Crippen molar-refractivity contribution in [2.24, 2.45) is 0 Å². The molecule has 3 heterocycles. The van der Waals surface area contributed by atoms with Crippen molar-refractivity contribution in [2.75, 3.05) is 0 Å². The van der Waals surface area contributed by atoms with E-state index in [0.29, 0.717) is 0 Å². The zero-order valence-electron chi connectivity index (χ0n) is 35.3. The SMILES string of the molecule is C1=Cc2c(c3cc4c5ccccc5n(-c5ccc([Si](c6ccccc6)(c6ccccc6)c6cccc(-n7c8ccccc8c8ccccc87)c6)cc5)c4cc3n2-c2ccccc2)CC1. The molecule has 12 aromatic rings. The van der Waals surface area contributed by atoms with Crippen LogP contribution in [0.2, 0.25) is 0 Å². The zero-order chi connectivity index (χ0) is 42.2. The van der Waals surface area contributed by atoms with Crippen molar-refractivity contribution < 1.29 is 0 Å². The van der Waals surface area contributed by atoms with Gasteiger partial charge in [-0.15, -0.1) is 0 Å². The van der Waals surface area contributed by atoms with Crippen LogP contribution in [0.1, 0.15) is 17.7 Å². The number of aryl methyl sites for hydroxylation is 1. The van der Waals surface area contributed by atoms with Crippen LogP contribution in [-0.4, -0.2) is 21.8 Å². The van der Waals surface area contributed by atoms with Gasteiger partial charge in [-0.05, 0) is 112 Å². The van der Waals surface area contributed by atoms with Crippen molar-refractivity contribution in [3.8, 4) is 17.1 Å². The number of nitrogens with zero attached hydrogens (tertiary/aromatic N) is 3. The summed E-state index contributed by atoms with van der Waals surface area (Å²) in [7, 11) is -2.91. The predicted molar refractivity (Wildman–Crippen MR) is 273 cm³/mol. The molecule has 0 spiro atoms. The van der Waals surface area contributed by atoms with Gasteiger partial charge < -0.3 is 13.7 Å². The molecule has 0 N–H and O–H groups in total. The molecule has 1 aliphatic rings. The summed E-state index contributed by atoms with van der Waals surface area (Å²) in [4.78, 5) is 0. The van der Waals surface area contributed by atoms with Crippen LogP contribution >= 0.6 is 0 Å². The van der Waals surface area contributed by atoms with Crippen LogP contribution < -0.4 is 20.7 Å². The minimum absolute atomic E-state index is 1.05. The number of aromatic nitrogens is 3. The highest BCUT2D eigenvalue weighted by Gasteiger charge is 2.41. The van der Waals surface area contributed by atoms with E-state index in [1.807, 2.05) is 0 Å². The van der Waals surface area contributed by atoms with Crippen LogP contribution in [0.5, 0.6) is 0 Å². The monoisotopic (exact) mass is 833 g/mol. The van der Waals surface area contributed by atoms with Gasteiger partial charge in [-0.1, -0.05) is 164 Å². The summed E-state index contributed by atoms with van der Waals surface area (Å²) in [5, 5.41) is 11.8. The maximum absolute atomic E-state index is 2.91.